The summed E-state index contributed by atoms with van der Waals surface area (Å²) >= 11 is 0. The summed E-state index contributed by atoms with van der Waals surface area (Å²) < 4.78 is 2.09. The van der Waals surface area contributed by atoms with E-state index >= 15 is 0 Å². The molecule has 4 nitrogen and oxygen atoms in total. The van der Waals surface area contributed by atoms with Gasteiger partial charge < -0.3 is 4.90 Å². The molecule has 0 aromatic carbocycles. The lowest BCUT2D eigenvalue weighted by molar-refractivity contribution is 0.112. The molecule has 0 radical (unpaired) electrons. The Morgan fingerprint density at radius 2 is 2.00 bits per heavy atom. The number of likely N-dealkylation sites (tertiary alicyclic amines) is 2. The second-order valence-electron chi connectivity index (χ2n) is 8.27. The van der Waals surface area contributed by atoms with Gasteiger partial charge in [-0.3, -0.25) is 9.58 Å². The van der Waals surface area contributed by atoms with Crippen LogP contribution in [0, 0.1) is 5.41 Å². The average Bonchev–Trinajstić information content (AvgIpc) is 2.97. The van der Waals surface area contributed by atoms with E-state index in [1.165, 1.54) is 51.0 Å². The molecule has 1 unspecified atom stereocenters. The van der Waals surface area contributed by atoms with Crippen LogP contribution in [0.25, 0.3) is 0 Å². The number of piperidine rings is 1. The van der Waals surface area contributed by atoms with Gasteiger partial charge in [-0.05, 0) is 65.6 Å². The Morgan fingerprint density at radius 1 is 1.19 bits per heavy atom. The van der Waals surface area contributed by atoms with Crippen molar-refractivity contribution < 1.29 is 0 Å². The Morgan fingerprint density at radius 3 is 2.67 bits per heavy atom. The van der Waals surface area contributed by atoms with Crippen LogP contribution in [-0.2, 0) is 12.1 Å². The molecule has 0 amide bonds. The lowest BCUT2D eigenvalue weighted by atomic mass is 9.79. The monoisotopic (exact) mass is 290 g/mol. The lowest BCUT2D eigenvalue weighted by Gasteiger charge is -2.38. The second kappa shape index (κ2) is 5.40. The van der Waals surface area contributed by atoms with E-state index in [4.69, 9.17) is 0 Å². The van der Waals surface area contributed by atoms with Gasteiger partial charge in [-0.25, -0.2) is 0 Å². The maximum atomic E-state index is 4.53. The highest BCUT2D eigenvalue weighted by atomic mass is 15.3. The fourth-order valence-electron chi connectivity index (χ4n) is 4.02. The van der Waals surface area contributed by atoms with Crippen LogP contribution in [0.3, 0.4) is 0 Å². The van der Waals surface area contributed by atoms with Gasteiger partial charge in [0, 0.05) is 31.4 Å². The Bertz CT molecular complexity index is 487. The molecule has 3 rings (SSSR count). The number of hydrogen-bond donors (Lipinski definition) is 0. The SMILES string of the molecule is CN1CCCC2(CCN(Cc3cnn(C(C)(C)C)c3)C2)C1. The molecule has 2 aliphatic heterocycles. The van der Waals surface area contributed by atoms with Crippen molar-refractivity contribution in [1.29, 1.82) is 0 Å². The first-order valence-electron chi connectivity index (χ1n) is 8.31. The number of hydrogen-bond acceptors (Lipinski definition) is 3. The molecule has 1 aromatic rings. The molecule has 0 saturated carbocycles. The number of aromatic nitrogens is 2. The second-order valence-corrected chi connectivity index (χ2v) is 8.27. The van der Waals surface area contributed by atoms with Crippen LogP contribution in [0.15, 0.2) is 12.4 Å². The molecule has 4 heteroatoms. The maximum Gasteiger partial charge on any atom is 0.0543 e. The first-order chi connectivity index (χ1) is 9.86. The highest BCUT2D eigenvalue weighted by molar-refractivity contribution is 5.07. The van der Waals surface area contributed by atoms with Gasteiger partial charge in [0.15, 0.2) is 0 Å². The van der Waals surface area contributed by atoms with Crippen LogP contribution >= 0.6 is 0 Å². The fourth-order valence-corrected chi connectivity index (χ4v) is 4.02. The zero-order valence-electron chi connectivity index (χ0n) is 14.1. The topological polar surface area (TPSA) is 24.3 Å². The summed E-state index contributed by atoms with van der Waals surface area (Å²) in [5, 5.41) is 4.53. The van der Waals surface area contributed by atoms with Gasteiger partial charge >= 0.3 is 0 Å². The number of rotatable bonds is 2. The standard InChI is InChI=1S/C17H30N4/c1-16(2,3)21-12-15(10-18-21)11-20-9-7-17(14-20)6-5-8-19(4)13-17/h10,12H,5-9,11,13-14H2,1-4H3. The van der Waals surface area contributed by atoms with Gasteiger partial charge in [-0.2, -0.15) is 5.10 Å². The van der Waals surface area contributed by atoms with Crippen molar-refractivity contribution in [2.75, 3.05) is 33.2 Å². The normalized spacial score (nSPS) is 28.6. The third-order valence-electron chi connectivity index (χ3n) is 5.10. The summed E-state index contributed by atoms with van der Waals surface area (Å²) in [4.78, 5) is 5.15. The Hall–Kier alpha value is -0.870. The maximum absolute atomic E-state index is 4.53. The van der Waals surface area contributed by atoms with Crippen LogP contribution in [0.4, 0.5) is 0 Å². The van der Waals surface area contributed by atoms with Crippen LogP contribution in [0.5, 0.6) is 0 Å². The quantitative estimate of drug-likeness (QED) is 0.836. The Kier molecular flexibility index (Phi) is 3.87. The molecular weight excluding hydrogens is 260 g/mol. The van der Waals surface area contributed by atoms with E-state index in [0.29, 0.717) is 5.41 Å². The highest BCUT2D eigenvalue weighted by Gasteiger charge is 2.40. The van der Waals surface area contributed by atoms with Gasteiger partial charge in [0.25, 0.3) is 0 Å². The highest BCUT2D eigenvalue weighted by Crippen LogP contribution is 2.38. The van der Waals surface area contributed by atoms with E-state index in [2.05, 4.69) is 53.6 Å². The van der Waals surface area contributed by atoms with E-state index in [0.717, 1.165) is 6.54 Å². The van der Waals surface area contributed by atoms with E-state index in [9.17, 15) is 0 Å². The molecule has 2 saturated heterocycles. The van der Waals surface area contributed by atoms with Gasteiger partial charge in [-0.1, -0.05) is 0 Å². The average molecular weight is 290 g/mol. The minimum Gasteiger partial charge on any atom is -0.306 e. The minimum atomic E-state index is 0.0799. The predicted molar refractivity (Wildman–Crippen MR) is 86.3 cm³/mol. The third kappa shape index (κ3) is 3.32. The molecule has 1 atom stereocenters. The third-order valence-corrected chi connectivity index (χ3v) is 5.10. The van der Waals surface area contributed by atoms with Crippen molar-refractivity contribution in [3.8, 4) is 0 Å². The van der Waals surface area contributed by atoms with Crippen LogP contribution in [-0.4, -0.2) is 52.8 Å². The molecule has 2 fully saturated rings. The summed E-state index contributed by atoms with van der Waals surface area (Å²) in [5.41, 5.74) is 2.00. The van der Waals surface area contributed by atoms with Gasteiger partial charge in [0.1, 0.15) is 0 Å². The molecule has 3 heterocycles. The predicted octanol–water partition coefficient (Wildman–Crippen LogP) is 2.56. The summed E-state index contributed by atoms with van der Waals surface area (Å²) in [7, 11) is 2.27. The molecule has 2 aliphatic rings. The molecule has 1 spiro atoms. The largest absolute Gasteiger partial charge is 0.306 e. The molecule has 118 valence electrons. The van der Waals surface area contributed by atoms with Crippen molar-refractivity contribution >= 4 is 0 Å². The van der Waals surface area contributed by atoms with E-state index in [1.54, 1.807) is 0 Å². The smallest absolute Gasteiger partial charge is 0.0543 e. The Labute approximate surface area is 129 Å². The zero-order chi connectivity index (χ0) is 15.1. The van der Waals surface area contributed by atoms with Crippen molar-refractivity contribution in [3.05, 3.63) is 18.0 Å². The summed E-state index contributed by atoms with van der Waals surface area (Å²) in [6.45, 7) is 12.7. The van der Waals surface area contributed by atoms with Crippen LogP contribution < -0.4 is 0 Å². The molecular formula is C17H30N4. The van der Waals surface area contributed by atoms with Crippen LogP contribution in [0.2, 0.25) is 0 Å². The first kappa shape index (κ1) is 15.0. The van der Waals surface area contributed by atoms with Crippen molar-refractivity contribution in [2.45, 2.75) is 52.1 Å². The zero-order valence-corrected chi connectivity index (χ0v) is 14.1. The summed E-state index contributed by atoms with van der Waals surface area (Å²) in [6.07, 6.45) is 8.41. The van der Waals surface area contributed by atoms with Gasteiger partial charge in [0.05, 0.1) is 11.7 Å². The summed E-state index contributed by atoms with van der Waals surface area (Å²) in [6, 6.07) is 0. The van der Waals surface area contributed by atoms with E-state index < -0.39 is 0 Å². The fraction of sp³-hybridized carbons (Fsp3) is 0.824. The molecule has 0 bridgehead atoms. The minimum absolute atomic E-state index is 0.0799. The molecule has 0 aliphatic carbocycles. The lowest BCUT2D eigenvalue weighted by Crippen LogP contribution is -2.42. The first-order valence-corrected chi connectivity index (χ1v) is 8.31. The molecule has 1 aromatic heterocycles. The molecule has 0 N–H and O–H groups in total. The van der Waals surface area contributed by atoms with E-state index in [-0.39, 0.29) is 5.54 Å². The van der Waals surface area contributed by atoms with Crippen molar-refractivity contribution in [2.24, 2.45) is 5.41 Å². The number of nitrogens with zero attached hydrogens (tertiary/aromatic N) is 4. The van der Waals surface area contributed by atoms with Gasteiger partial charge in [-0.15, -0.1) is 0 Å². The Balaban J connectivity index is 1.61. The van der Waals surface area contributed by atoms with Crippen molar-refractivity contribution in [1.82, 2.24) is 19.6 Å². The van der Waals surface area contributed by atoms with Crippen molar-refractivity contribution in [3.63, 3.8) is 0 Å². The molecule has 21 heavy (non-hydrogen) atoms. The summed E-state index contributed by atoms with van der Waals surface area (Å²) in [5.74, 6) is 0. The van der Waals surface area contributed by atoms with E-state index in [1.807, 2.05) is 6.20 Å². The van der Waals surface area contributed by atoms with Crippen LogP contribution in [0.1, 0.15) is 45.6 Å². The van der Waals surface area contributed by atoms with Gasteiger partial charge in [0.2, 0.25) is 0 Å².